The lowest BCUT2D eigenvalue weighted by atomic mass is 10.1. The third kappa shape index (κ3) is 2.52. The van der Waals surface area contributed by atoms with E-state index < -0.39 is 5.97 Å². The number of carbonyl (C=O) groups is 1. The third-order valence-corrected chi connectivity index (χ3v) is 2.67. The van der Waals surface area contributed by atoms with E-state index in [1.54, 1.807) is 6.92 Å². The second-order valence-corrected chi connectivity index (χ2v) is 4.34. The molecule has 6 nitrogen and oxygen atoms in total. The number of nitrogens with zero attached hydrogens (tertiary/aromatic N) is 3. The number of pyridine rings is 1. The number of anilines is 1. The predicted octanol–water partition coefficient (Wildman–Crippen LogP) is 1.74. The first kappa shape index (κ1) is 12.9. The van der Waals surface area contributed by atoms with Gasteiger partial charge in [0.05, 0.1) is 5.69 Å². The van der Waals surface area contributed by atoms with Crippen molar-refractivity contribution >= 4 is 11.8 Å². The molecule has 0 aromatic carbocycles. The van der Waals surface area contributed by atoms with Crippen LogP contribution in [0.5, 0.6) is 0 Å². The van der Waals surface area contributed by atoms with Gasteiger partial charge < -0.3 is 10.8 Å². The van der Waals surface area contributed by atoms with Gasteiger partial charge in [0.15, 0.2) is 5.82 Å². The van der Waals surface area contributed by atoms with E-state index in [0.29, 0.717) is 11.5 Å². The van der Waals surface area contributed by atoms with Gasteiger partial charge in [0.2, 0.25) is 0 Å². The molecule has 0 saturated heterocycles. The highest BCUT2D eigenvalue weighted by molar-refractivity contribution is 5.94. The summed E-state index contributed by atoms with van der Waals surface area (Å²) in [7, 11) is 0. The Morgan fingerprint density at radius 1 is 1.11 bits per heavy atom. The van der Waals surface area contributed by atoms with Crippen LogP contribution in [0.4, 0.5) is 5.82 Å². The Morgan fingerprint density at radius 3 is 2.16 bits per heavy atom. The van der Waals surface area contributed by atoms with Crippen molar-refractivity contribution in [3.8, 4) is 11.4 Å². The number of nitrogens with two attached hydrogens (primary N) is 1. The largest absolute Gasteiger partial charge is 0.477 e. The Balaban J connectivity index is 2.61. The van der Waals surface area contributed by atoms with Crippen LogP contribution < -0.4 is 5.73 Å². The van der Waals surface area contributed by atoms with E-state index in [-0.39, 0.29) is 11.4 Å². The maximum Gasteiger partial charge on any atom is 0.341 e. The minimum atomic E-state index is -1.12. The minimum Gasteiger partial charge on any atom is -0.477 e. The van der Waals surface area contributed by atoms with Gasteiger partial charge in [-0.1, -0.05) is 0 Å². The number of aromatic nitrogens is 3. The quantitative estimate of drug-likeness (QED) is 0.850. The summed E-state index contributed by atoms with van der Waals surface area (Å²) in [5.74, 6) is -0.737. The second kappa shape index (κ2) is 4.64. The molecule has 2 heterocycles. The standard InChI is InChI=1S/C13H14N4O2/c1-6-4-9(5-7(2)15-6)12-16-8(3)10(13(18)19)11(14)17-12/h4-5H,1-3H3,(H,18,19)(H2,14,16,17). The predicted molar refractivity (Wildman–Crippen MR) is 70.8 cm³/mol. The highest BCUT2D eigenvalue weighted by Gasteiger charge is 2.16. The molecule has 0 aliphatic carbocycles. The number of hydrogen-bond donors (Lipinski definition) is 2. The lowest BCUT2D eigenvalue weighted by molar-refractivity contribution is 0.0696. The molecule has 2 aromatic rings. The normalized spacial score (nSPS) is 10.5. The Hall–Kier alpha value is -2.50. The zero-order valence-electron chi connectivity index (χ0n) is 10.9. The summed E-state index contributed by atoms with van der Waals surface area (Å²) in [6.45, 7) is 5.35. The molecule has 0 saturated carbocycles. The topological polar surface area (TPSA) is 102 Å². The van der Waals surface area contributed by atoms with Crippen LogP contribution in [0.3, 0.4) is 0 Å². The smallest absolute Gasteiger partial charge is 0.341 e. The highest BCUT2D eigenvalue weighted by Crippen LogP contribution is 2.21. The lowest BCUT2D eigenvalue weighted by Gasteiger charge is -2.08. The van der Waals surface area contributed by atoms with E-state index in [1.165, 1.54) is 0 Å². The van der Waals surface area contributed by atoms with Crippen LogP contribution in [-0.4, -0.2) is 26.0 Å². The molecule has 0 bridgehead atoms. The van der Waals surface area contributed by atoms with E-state index in [4.69, 9.17) is 10.8 Å². The molecule has 0 fully saturated rings. The molecule has 0 atom stereocenters. The summed E-state index contributed by atoms with van der Waals surface area (Å²) in [5, 5.41) is 9.03. The molecule has 0 radical (unpaired) electrons. The SMILES string of the molecule is Cc1cc(-c2nc(C)c(C(=O)O)c(N)n2)cc(C)n1. The summed E-state index contributed by atoms with van der Waals surface area (Å²) in [6, 6.07) is 3.67. The Kier molecular flexibility index (Phi) is 3.16. The molecule has 0 spiro atoms. The number of nitrogen functional groups attached to an aromatic ring is 1. The molecular formula is C13H14N4O2. The van der Waals surface area contributed by atoms with Crippen molar-refractivity contribution in [2.75, 3.05) is 5.73 Å². The van der Waals surface area contributed by atoms with Crippen molar-refractivity contribution < 1.29 is 9.90 Å². The van der Waals surface area contributed by atoms with Crippen LogP contribution in [0.1, 0.15) is 27.4 Å². The van der Waals surface area contributed by atoms with E-state index in [9.17, 15) is 4.79 Å². The number of rotatable bonds is 2. The molecule has 19 heavy (non-hydrogen) atoms. The number of carboxylic acids is 1. The van der Waals surface area contributed by atoms with Gasteiger partial charge in [-0.2, -0.15) is 0 Å². The Morgan fingerprint density at radius 2 is 1.68 bits per heavy atom. The average Bonchev–Trinajstić information content (AvgIpc) is 2.25. The molecule has 6 heteroatoms. The van der Waals surface area contributed by atoms with Gasteiger partial charge in [0.25, 0.3) is 0 Å². The molecule has 0 unspecified atom stereocenters. The Bertz CT molecular complexity index is 624. The fourth-order valence-corrected chi connectivity index (χ4v) is 1.95. The zero-order chi connectivity index (χ0) is 14.2. The van der Waals surface area contributed by atoms with Crippen LogP contribution in [0, 0.1) is 20.8 Å². The van der Waals surface area contributed by atoms with Gasteiger partial charge in [-0.25, -0.2) is 14.8 Å². The van der Waals surface area contributed by atoms with Crippen molar-refractivity contribution in [3.63, 3.8) is 0 Å². The molecule has 0 aliphatic rings. The molecule has 0 aliphatic heterocycles. The van der Waals surface area contributed by atoms with Gasteiger partial charge in [-0.05, 0) is 32.9 Å². The van der Waals surface area contributed by atoms with E-state index in [0.717, 1.165) is 17.0 Å². The lowest BCUT2D eigenvalue weighted by Crippen LogP contribution is -2.10. The fourth-order valence-electron chi connectivity index (χ4n) is 1.95. The molecule has 3 N–H and O–H groups in total. The second-order valence-electron chi connectivity index (χ2n) is 4.34. The summed E-state index contributed by atoms with van der Waals surface area (Å²) >= 11 is 0. The van der Waals surface area contributed by atoms with Crippen molar-refractivity contribution in [2.24, 2.45) is 0 Å². The van der Waals surface area contributed by atoms with Crippen LogP contribution in [0.2, 0.25) is 0 Å². The van der Waals surface area contributed by atoms with Gasteiger partial charge in [0, 0.05) is 17.0 Å². The first-order chi connectivity index (χ1) is 8.88. The monoisotopic (exact) mass is 258 g/mol. The molecular weight excluding hydrogens is 244 g/mol. The van der Waals surface area contributed by atoms with E-state index in [2.05, 4.69) is 15.0 Å². The van der Waals surface area contributed by atoms with Crippen molar-refractivity contribution in [2.45, 2.75) is 20.8 Å². The third-order valence-electron chi connectivity index (χ3n) is 2.67. The van der Waals surface area contributed by atoms with Gasteiger partial charge in [-0.15, -0.1) is 0 Å². The maximum atomic E-state index is 11.0. The summed E-state index contributed by atoms with van der Waals surface area (Å²) in [6.07, 6.45) is 0. The fraction of sp³-hybridized carbons (Fsp3) is 0.231. The number of aryl methyl sites for hydroxylation is 3. The maximum absolute atomic E-state index is 11.0. The van der Waals surface area contributed by atoms with E-state index >= 15 is 0 Å². The molecule has 2 aromatic heterocycles. The number of aromatic carboxylic acids is 1. The molecule has 2 rings (SSSR count). The first-order valence-corrected chi connectivity index (χ1v) is 5.71. The summed E-state index contributed by atoms with van der Waals surface area (Å²) in [5.41, 5.74) is 8.45. The zero-order valence-corrected chi connectivity index (χ0v) is 10.9. The van der Waals surface area contributed by atoms with Gasteiger partial charge in [-0.3, -0.25) is 4.98 Å². The average molecular weight is 258 g/mol. The number of hydrogen-bond acceptors (Lipinski definition) is 5. The molecule has 0 amide bonds. The van der Waals surface area contributed by atoms with Crippen LogP contribution in [-0.2, 0) is 0 Å². The molecule has 98 valence electrons. The summed E-state index contributed by atoms with van der Waals surface area (Å²) < 4.78 is 0. The van der Waals surface area contributed by atoms with Gasteiger partial charge in [0.1, 0.15) is 11.4 Å². The highest BCUT2D eigenvalue weighted by atomic mass is 16.4. The van der Waals surface area contributed by atoms with E-state index in [1.807, 2.05) is 26.0 Å². The van der Waals surface area contributed by atoms with Crippen LogP contribution >= 0.6 is 0 Å². The minimum absolute atomic E-state index is 0.0258. The number of carboxylic acid groups (broad SMARTS) is 1. The van der Waals surface area contributed by atoms with Crippen LogP contribution in [0.15, 0.2) is 12.1 Å². The Labute approximate surface area is 110 Å². The van der Waals surface area contributed by atoms with Gasteiger partial charge >= 0.3 is 5.97 Å². The van der Waals surface area contributed by atoms with Crippen molar-refractivity contribution in [1.29, 1.82) is 0 Å². The first-order valence-electron chi connectivity index (χ1n) is 5.71. The summed E-state index contributed by atoms with van der Waals surface area (Å²) in [4.78, 5) is 23.6. The van der Waals surface area contributed by atoms with Crippen LogP contribution in [0.25, 0.3) is 11.4 Å². The van der Waals surface area contributed by atoms with Crippen molar-refractivity contribution in [3.05, 3.63) is 34.8 Å². The van der Waals surface area contributed by atoms with Crippen molar-refractivity contribution in [1.82, 2.24) is 15.0 Å².